The molecule has 0 spiro atoms. The molecule has 0 aliphatic rings. The molecule has 0 radical (unpaired) electrons. The van der Waals surface area contributed by atoms with Crippen molar-refractivity contribution in [3.05, 3.63) is 0 Å². The Balaban J connectivity index is 0. The van der Waals surface area contributed by atoms with E-state index in [9.17, 15) is 0 Å². The van der Waals surface area contributed by atoms with E-state index < -0.39 is 25.9 Å². The summed E-state index contributed by atoms with van der Waals surface area (Å²) in [6.07, 6.45) is 0. The van der Waals surface area contributed by atoms with Gasteiger partial charge in [0.15, 0.2) is 0 Å². The van der Waals surface area contributed by atoms with Crippen molar-refractivity contribution >= 4 is 9.17 Å². The minimum absolute atomic E-state index is 3.13. The van der Waals surface area contributed by atoms with E-state index in [1.807, 2.05) is 0 Å². The van der Waals surface area contributed by atoms with Crippen molar-refractivity contribution in [2.75, 3.05) is 0 Å². The summed E-state index contributed by atoms with van der Waals surface area (Å²) < 4.78 is 43.3. The van der Waals surface area contributed by atoms with Gasteiger partial charge in [-0.3, -0.25) is 4.46 Å². The molecule has 0 fully saturated rings. The second-order valence-electron chi connectivity index (χ2n) is 0.691. The molecular formula is H2MoO7Si-2. The third-order valence-electron chi connectivity index (χ3n) is 0. The molecular weight excluding hydrogens is 236 g/mol. The van der Waals surface area contributed by atoms with Gasteiger partial charge in [-0.05, 0) is 0 Å². The zero-order valence-corrected chi connectivity index (χ0v) is 6.85. The first kappa shape index (κ1) is 11.6. The Bertz CT molecular complexity index is 151. The Kier molecular flexibility index (Phi) is 6.03. The van der Waals surface area contributed by atoms with E-state index in [0.29, 0.717) is 0 Å². The van der Waals surface area contributed by atoms with Crippen LogP contribution in [0.15, 0.2) is 0 Å². The van der Waals surface area contributed by atoms with Gasteiger partial charge in [0.05, 0.1) is 0 Å². The first-order valence-corrected chi connectivity index (χ1v) is 5.90. The summed E-state index contributed by atoms with van der Waals surface area (Å²) >= 11 is -6.02. The maximum atomic E-state index is 8.74. The standard InChI is InChI=1S/Mo.H2O3Si.4O/c;1-4(2)3;;;;/h;1-2H;;;;/q;;;;2*-1. The van der Waals surface area contributed by atoms with Gasteiger partial charge in [-0.1, -0.05) is 0 Å². The first-order chi connectivity index (χ1) is 3.73. The van der Waals surface area contributed by atoms with Crippen LogP contribution in [0.4, 0.5) is 0 Å². The Morgan fingerprint density at radius 2 is 1.22 bits per heavy atom. The second kappa shape index (κ2) is 4.68. The van der Waals surface area contributed by atoms with Crippen molar-refractivity contribution in [3.8, 4) is 0 Å². The van der Waals surface area contributed by atoms with E-state index in [1.165, 1.54) is 0 Å². The Morgan fingerprint density at radius 3 is 1.22 bits per heavy atom. The van der Waals surface area contributed by atoms with Crippen LogP contribution < -0.4 is 7.52 Å². The summed E-state index contributed by atoms with van der Waals surface area (Å²) in [5, 5.41) is 0. The van der Waals surface area contributed by atoms with Gasteiger partial charge in [-0.25, -0.2) is 0 Å². The van der Waals surface area contributed by atoms with Crippen LogP contribution in [0.25, 0.3) is 0 Å². The number of rotatable bonds is 0. The molecule has 7 nitrogen and oxygen atoms in total. The van der Waals surface area contributed by atoms with Gasteiger partial charge in [-0.2, -0.15) is 0 Å². The van der Waals surface area contributed by atoms with E-state index >= 15 is 0 Å². The average molecular weight is 238 g/mol. The van der Waals surface area contributed by atoms with Gasteiger partial charge < -0.3 is 9.59 Å². The van der Waals surface area contributed by atoms with E-state index in [2.05, 4.69) is 0 Å². The quantitative estimate of drug-likeness (QED) is 0.407. The molecule has 0 atom stereocenters. The van der Waals surface area contributed by atoms with Crippen molar-refractivity contribution in [1.82, 2.24) is 0 Å². The topological polar surface area (TPSA) is 138 Å². The van der Waals surface area contributed by atoms with Crippen LogP contribution in [0, 0.1) is 0 Å². The van der Waals surface area contributed by atoms with Crippen molar-refractivity contribution in [2.45, 2.75) is 0 Å². The van der Waals surface area contributed by atoms with Crippen LogP contribution in [-0.2, 0) is 28.0 Å². The van der Waals surface area contributed by atoms with Crippen molar-refractivity contribution in [2.24, 2.45) is 0 Å². The molecule has 0 aromatic heterocycles. The molecule has 9 heteroatoms. The van der Waals surface area contributed by atoms with Gasteiger partial charge in [0.1, 0.15) is 0 Å². The monoisotopic (exact) mass is 240 g/mol. The fourth-order valence-electron chi connectivity index (χ4n) is 0. The summed E-state index contributed by atoms with van der Waals surface area (Å²) in [5.41, 5.74) is 0. The molecule has 2 N–H and O–H groups in total. The van der Waals surface area contributed by atoms with Crippen LogP contribution in [0.3, 0.4) is 0 Å². The fourth-order valence-corrected chi connectivity index (χ4v) is 0. The van der Waals surface area contributed by atoms with Crippen molar-refractivity contribution < 1.29 is 45.1 Å². The zero-order chi connectivity index (χ0) is 8.08. The molecule has 0 saturated carbocycles. The van der Waals surface area contributed by atoms with E-state index in [1.54, 1.807) is 0 Å². The molecule has 9 heavy (non-hydrogen) atoms. The summed E-state index contributed by atoms with van der Waals surface area (Å²) in [6, 6.07) is 0. The van der Waals surface area contributed by atoms with Gasteiger partial charge in [0.25, 0.3) is 0 Å². The predicted octanol–water partition coefficient (Wildman–Crippen LogP) is -4.23. The third-order valence-corrected chi connectivity index (χ3v) is 0. The zero-order valence-electron chi connectivity index (χ0n) is 3.84. The minimum atomic E-state index is -6.02. The Hall–Kier alpha value is -0.175. The molecule has 0 aromatic rings. The normalized spacial score (nSPS) is 9.11. The van der Waals surface area contributed by atoms with Gasteiger partial charge >= 0.3 is 40.2 Å². The van der Waals surface area contributed by atoms with Crippen LogP contribution in [0.1, 0.15) is 0 Å². The molecule has 0 aliphatic carbocycles. The van der Waals surface area contributed by atoms with Crippen LogP contribution in [0.5, 0.6) is 0 Å². The van der Waals surface area contributed by atoms with E-state index in [0.717, 1.165) is 0 Å². The fraction of sp³-hybridized carbons (Fsp3) is 0. The number of hydrogen-bond acceptors (Lipinski definition) is 5. The van der Waals surface area contributed by atoms with Crippen molar-refractivity contribution in [3.63, 3.8) is 0 Å². The Morgan fingerprint density at radius 1 is 1.22 bits per heavy atom. The Labute approximate surface area is 54.8 Å². The summed E-state index contributed by atoms with van der Waals surface area (Å²) in [4.78, 5) is 14.3. The molecule has 0 heterocycles. The molecule has 0 saturated heterocycles. The summed E-state index contributed by atoms with van der Waals surface area (Å²) in [5.74, 6) is 0. The molecule has 0 unspecified atom stereocenters. The average Bonchev–Trinajstić information content (AvgIpc) is 1.19. The van der Waals surface area contributed by atoms with Crippen LogP contribution in [0.2, 0.25) is 0 Å². The summed E-state index contributed by atoms with van der Waals surface area (Å²) in [7, 11) is -3.13. The SMILES string of the molecule is O=[Si](O)O.[O]=[Mo](=[O])([O-])[O-]. The molecule has 0 aromatic carbocycles. The predicted molar refractivity (Wildman–Crippen MR) is 12.3 cm³/mol. The van der Waals surface area contributed by atoms with Crippen LogP contribution >= 0.6 is 0 Å². The van der Waals surface area contributed by atoms with Gasteiger partial charge in [-0.15, -0.1) is 0 Å². The number of hydrogen-bond donors (Lipinski definition) is 2. The first-order valence-electron chi connectivity index (χ1n) is 1.32. The third kappa shape index (κ3) is 8690. The second-order valence-corrected chi connectivity index (χ2v) is 3.26. The maximum absolute atomic E-state index is 8.74. The van der Waals surface area contributed by atoms with Gasteiger partial charge in [0.2, 0.25) is 0 Å². The molecule has 0 aliphatic heterocycles. The van der Waals surface area contributed by atoms with E-state index in [4.69, 9.17) is 28.4 Å². The molecule has 56 valence electrons. The molecule has 0 bridgehead atoms. The molecule has 0 amide bonds. The summed E-state index contributed by atoms with van der Waals surface area (Å²) in [6.45, 7) is 0. The van der Waals surface area contributed by atoms with Crippen LogP contribution in [-0.4, -0.2) is 18.8 Å². The van der Waals surface area contributed by atoms with Gasteiger partial charge in [0, 0.05) is 0 Å². The van der Waals surface area contributed by atoms with Crippen molar-refractivity contribution in [1.29, 1.82) is 0 Å². The molecule has 0 rings (SSSR count). The van der Waals surface area contributed by atoms with E-state index in [-0.39, 0.29) is 0 Å².